The number of hydrogen-bond donors (Lipinski definition) is 1. The smallest absolute Gasteiger partial charge is 0.257 e. The Morgan fingerprint density at radius 3 is 2.88 bits per heavy atom. The zero-order valence-electron chi connectivity index (χ0n) is 12.6. The van der Waals surface area contributed by atoms with Gasteiger partial charge in [0, 0.05) is 12.4 Å². The van der Waals surface area contributed by atoms with Gasteiger partial charge in [-0.3, -0.25) is 9.78 Å². The number of carbonyl (C=O) groups is 1. The third kappa shape index (κ3) is 2.65. The molecule has 0 aliphatic heterocycles. The normalized spacial score (nSPS) is 10.8. The SMILES string of the molecule is O=C(NCc1ccccn1)c1cnn2c(-c3cccs3)ccnc12. The van der Waals surface area contributed by atoms with Crippen molar-refractivity contribution in [1.29, 1.82) is 0 Å². The van der Waals surface area contributed by atoms with E-state index in [1.54, 1.807) is 34.4 Å². The molecule has 1 N–H and O–H groups in total. The van der Waals surface area contributed by atoms with E-state index in [1.165, 1.54) is 0 Å². The van der Waals surface area contributed by atoms with E-state index in [9.17, 15) is 4.79 Å². The number of amides is 1. The minimum absolute atomic E-state index is 0.216. The summed E-state index contributed by atoms with van der Waals surface area (Å²) in [6, 6.07) is 11.5. The molecule has 24 heavy (non-hydrogen) atoms. The van der Waals surface area contributed by atoms with Gasteiger partial charge in [0.15, 0.2) is 5.65 Å². The number of carbonyl (C=O) groups excluding carboxylic acids is 1. The van der Waals surface area contributed by atoms with Gasteiger partial charge < -0.3 is 5.32 Å². The molecule has 0 atom stereocenters. The lowest BCUT2D eigenvalue weighted by molar-refractivity contribution is 0.0952. The minimum atomic E-state index is -0.216. The first-order valence-corrected chi connectivity index (χ1v) is 8.25. The molecular weight excluding hydrogens is 322 g/mol. The van der Waals surface area contributed by atoms with Gasteiger partial charge in [0.25, 0.3) is 5.91 Å². The Morgan fingerprint density at radius 2 is 2.08 bits per heavy atom. The maximum absolute atomic E-state index is 12.5. The summed E-state index contributed by atoms with van der Waals surface area (Å²) in [5.41, 5.74) is 2.71. The van der Waals surface area contributed by atoms with Crippen molar-refractivity contribution in [3.8, 4) is 10.6 Å². The van der Waals surface area contributed by atoms with Crippen molar-refractivity contribution in [2.75, 3.05) is 0 Å². The number of thiophene rings is 1. The number of aromatic nitrogens is 4. The summed E-state index contributed by atoms with van der Waals surface area (Å²) in [5.74, 6) is -0.216. The van der Waals surface area contributed by atoms with Crippen LogP contribution in [0.3, 0.4) is 0 Å². The van der Waals surface area contributed by atoms with Gasteiger partial charge in [0.1, 0.15) is 5.56 Å². The molecule has 0 spiro atoms. The van der Waals surface area contributed by atoms with Crippen LogP contribution in [-0.2, 0) is 6.54 Å². The van der Waals surface area contributed by atoms with Gasteiger partial charge in [-0.1, -0.05) is 12.1 Å². The molecule has 0 radical (unpaired) electrons. The van der Waals surface area contributed by atoms with Crippen LogP contribution in [-0.4, -0.2) is 25.5 Å². The molecule has 0 unspecified atom stereocenters. The molecule has 1 amide bonds. The van der Waals surface area contributed by atoms with E-state index in [2.05, 4.69) is 20.4 Å². The number of nitrogens with zero attached hydrogens (tertiary/aromatic N) is 4. The molecule has 4 aromatic rings. The van der Waals surface area contributed by atoms with Crippen molar-refractivity contribution in [2.24, 2.45) is 0 Å². The molecule has 4 rings (SSSR count). The van der Waals surface area contributed by atoms with Crippen LogP contribution < -0.4 is 5.32 Å². The van der Waals surface area contributed by atoms with E-state index >= 15 is 0 Å². The molecule has 7 heteroatoms. The molecule has 4 heterocycles. The second-order valence-electron chi connectivity index (χ2n) is 5.10. The zero-order chi connectivity index (χ0) is 16.4. The average molecular weight is 335 g/mol. The van der Waals surface area contributed by atoms with Crippen molar-refractivity contribution in [3.05, 3.63) is 71.6 Å². The number of rotatable bonds is 4. The molecule has 0 saturated carbocycles. The van der Waals surface area contributed by atoms with E-state index in [4.69, 9.17) is 0 Å². The number of pyridine rings is 1. The lowest BCUT2D eigenvalue weighted by Gasteiger charge is -2.04. The highest BCUT2D eigenvalue weighted by Crippen LogP contribution is 2.25. The summed E-state index contributed by atoms with van der Waals surface area (Å²) < 4.78 is 1.70. The van der Waals surface area contributed by atoms with Crippen LogP contribution in [0.4, 0.5) is 0 Å². The maximum Gasteiger partial charge on any atom is 0.257 e. The molecule has 0 aliphatic carbocycles. The van der Waals surface area contributed by atoms with Crippen LogP contribution in [0.1, 0.15) is 16.1 Å². The predicted molar refractivity (Wildman–Crippen MR) is 91.7 cm³/mol. The van der Waals surface area contributed by atoms with Crippen LogP contribution in [0.15, 0.2) is 60.4 Å². The lowest BCUT2D eigenvalue weighted by Crippen LogP contribution is -2.23. The summed E-state index contributed by atoms with van der Waals surface area (Å²) in [4.78, 5) is 22.0. The first-order valence-electron chi connectivity index (χ1n) is 7.37. The van der Waals surface area contributed by atoms with Crippen molar-refractivity contribution >= 4 is 22.9 Å². The van der Waals surface area contributed by atoms with Gasteiger partial charge in [0.2, 0.25) is 0 Å². The molecule has 0 fully saturated rings. The average Bonchev–Trinajstić information content (AvgIpc) is 3.30. The van der Waals surface area contributed by atoms with E-state index in [1.807, 2.05) is 41.8 Å². The summed E-state index contributed by atoms with van der Waals surface area (Å²) in [6.07, 6.45) is 4.94. The third-order valence-corrected chi connectivity index (χ3v) is 4.47. The highest BCUT2D eigenvalue weighted by atomic mass is 32.1. The molecule has 0 bridgehead atoms. The highest BCUT2D eigenvalue weighted by Gasteiger charge is 2.16. The van der Waals surface area contributed by atoms with Gasteiger partial charge in [-0.15, -0.1) is 11.3 Å². The number of fused-ring (bicyclic) bond motifs is 1. The summed E-state index contributed by atoms with van der Waals surface area (Å²) in [7, 11) is 0. The second kappa shape index (κ2) is 6.21. The van der Waals surface area contributed by atoms with Crippen LogP contribution in [0.2, 0.25) is 0 Å². The van der Waals surface area contributed by atoms with Crippen molar-refractivity contribution < 1.29 is 4.79 Å². The number of hydrogen-bond acceptors (Lipinski definition) is 5. The van der Waals surface area contributed by atoms with Gasteiger partial charge >= 0.3 is 0 Å². The fourth-order valence-electron chi connectivity index (χ4n) is 2.43. The molecule has 0 aromatic carbocycles. The summed E-state index contributed by atoms with van der Waals surface area (Å²) >= 11 is 1.62. The zero-order valence-corrected chi connectivity index (χ0v) is 13.4. The monoisotopic (exact) mass is 335 g/mol. The van der Waals surface area contributed by atoms with Gasteiger partial charge in [-0.05, 0) is 29.6 Å². The molecule has 6 nitrogen and oxygen atoms in total. The van der Waals surface area contributed by atoms with Crippen LogP contribution in [0, 0.1) is 0 Å². The summed E-state index contributed by atoms with van der Waals surface area (Å²) in [5, 5.41) is 9.20. The Morgan fingerprint density at radius 1 is 1.12 bits per heavy atom. The van der Waals surface area contributed by atoms with Crippen molar-refractivity contribution in [3.63, 3.8) is 0 Å². The second-order valence-corrected chi connectivity index (χ2v) is 6.05. The van der Waals surface area contributed by atoms with E-state index in [0.29, 0.717) is 17.8 Å². The highest BCUT2D eigenvalue weighted by molar-refractivity contribution is 7.13. The van der Waals surface area contributed by atoms with Crippen molar-refractivity contribution in [2.45, 2.75) is 6.54 Å². The fourth-order valence-corrected chi connectivity index (χ4v) is 3.17. The van der Waals surface area contributed by atoms with Gasteiger partial charge in [-0.25, -0.2) is 9.50 Å². The van der Waals surface area contributed by atoms with Crippen molar-refractivity contribution in [1.82, 2.24) is 24.9 Å². The van der Waals surface area contributed by atoms with E-state index in [0.717, 1.165) is 16.3 Å². The maximum atomic E-state index is 12.5. The Labute approximate surface area is 141 Å². The van der Waals surface area contributed by atoms with E-state index in [-0.39, 0.29) is 5.91 Å². The minimum Gasteiger partial charge on any atom is -0.346 e. The van der Waals surface area contributed by atoms with Crippen LogP contribution in [0.25, 0.3) is 16.2 Å². The Kier molecular flexibility index (Phi) is 3.76. The fraction of sp³-hybridized carbons (Fsp3) is 0.0588. The van der Waals surface area contributed by atoms with E-state index < -0.39 is 0 Å². The molecule has 0 aliphatic rings. The topological polar surface area (TPSA) is 72.2 Å². The molecule has 4 aromatic heterocycles. The Bertz CT molecular complexity index is 979. The Balaban J connectivity index is 1.63. The van der Waals surface area contributed by atoms with Crippen LogP contribution >= 0.6 is 11.3 Å². The number of nitrogens with one attached hydrogen (secondary N) is 1. The lowest BCUT2D eigenvalue weighted by atomic mass is 10.3. The molecular formula is C17H13N5OS. The Hall–Kier alpha value is -3.06. The van der Waals surface area contributed by atoms with Gasteiger partial charge in [-0.2, -0.15) is 5.10 Å². The first-order chi connectivity index (χ1) is 11.8. The third-order valence-electron chi connectivity index (χ3n) is 3.58. The standard InChI is InChI=1S/C17H13N5OS/c23-17(20-10-12-4-1-2-7-18-12)13-11-21-22-14(6-8-19-16(13)22)15-5-3-9-24-15/h1-9,11H,10H2,(H,20,23). The molecule has 118 valence electrons. The predicted octanol–water partition coefficient (Wildman–Crippen LogP) is 2.78. The molecule has 0 saturated heterocycles. The largest absolute Gasteiger partial charge is 0.346 e. The quantitative estimate of drug-likeness (QED) is 0.622. The van der Waals surface area contributed by atoms with Gasteiger partial charge in [0.05, 0.1) is 29.0 Å². The van der Waals surface area contributed by atoms with Crippen LogP contribution in [0.5, 0.6) is 0 Å². The summed E-state index contributed by atoms with van der Waals surface area (Å²) in [6.45, 7) is 0.363. The first kappa shape index (κ1) is 14.5.